The highest BCUT2D eigenvalue weighted by Gasteiger charge is 2.35. The lowest BCUT2D eigenvalue weighted by atomic mass is 9.95. The summed E-state index contributed by atoms with van der Waals surface area (Å²) in [5.74, 6) is 2.53. The maximum Gasteiger partial charge on any atom is 0.113 e. The van der Waals surface area contributed by atoms with Crippen molar-refractivity contribution in [2.45, 2.75) is 51.0 Å². The van der Waals surface area contributed by atoms with Gasteiger partial charge in [0.25, 0.3) is 0 Å². The Hall–Kier alpha value is -1.35. The smallest absolute Gasteiger partial charge is 0.113 e. The van der Waals surface area contributed by atoms with Gasteiger partial charge in [0.15, 0.2) is 0 Å². The van der Waals surface area contributed by atoms with E-state index in [-0.39, 0.29) is 0 Å². The second-order valence-electron chi connectivity index (χ2n) is 6.60. The van der Waals surface area contributed by atoms with Gasteiger partial charge in [0, 0.05) is 12.0 Å². The minimum Gasteiger partial charge on any atom is -0.330 e. The van der Waals surface area contributed by atoms with Crippen molar-refractivity contribution in [3.63, 3.8) is 0 Å². The monoisotopic (exact) mass is 269 g/mol. The van der Waals surface area contributed by atoms with Crippen molar-refractivity contribution in [3.8, 4) is 0 Å². The molecule has 2 N–H and O–H groups in total. The molecule has 0 spiro atoms. The number of benzene rings is 1. The van der Waals surface area contributed by atoms with E-state index in [0.29, 0.717) is 17.9 Å². The molecule has 0 radical (unpaired) electrons. The molecule has 2 unspecified atom stereocenters. The van der Waals surface area contributed by atoms with Crippen LogP contribution in [0.2, 0.25) is 0 Å². The van der Waals surface area contributed by atoms with E-state index in [4.69, 9.17) is 10.7 Å². The molecule has 1 aromatic heterocycles. The Morgan fingerprint density at radius 2 is 2.10 bits per heavy atom. The predicted molar refractivity (Wildman–Crippen MR) is 81.9 cm³/mol. The second-order valence-corrected chi connectivity index (χ2v) is 6.60. The Labute approximate surface area is 120 Å². The molecule has 2 atom stereocenters. The zero-order valence-electron chi connectivity index (χ0n) is 12.2. The molecular formula is C17H23N3. The van der Waals surface area contributed by atoms with Gasteiger partial charge in [-0.3, -0.25) is 0 Å². The minimum atomic E-state index is 0.577. The van der Waals surface area contributed by atoms with Crippen LogP contribution in [0.5, 0.6) is 0 Å². The highest BCUT2D eigenvalue weighted by atomic mass is 15.1. The molecule has 20 heavy (non-hydrogen) atoms. The number of hydrogen-bond donors (Lipinski definition) is 1. The molecule has 0 bridgehead atoms. The van der Waals surface area contributed by atoms with E-state index in [1.165, 1.54) is 54.5 Å². The van der Waals surface area contributed by atoms with Crippen LogP contribution < -0.4 is 5.73 Å². The van der Waals surface area contributed by atoms with E-state index < -0.39 is 0 Å². The van der Waals surface area contributed by atoms with Crippen molar-refractivity contribution in [2.75, 3.05) is 6.54 Å². The summed E-state index contributed by atoms with van der Waals surface area (Å²) in [6.07, 6.45) is 6.46. The zero-order chi connectivity index (χ0) is 13.7. The molecule has 2 aliphatic carbocycles. The van der Waals surface area contributed by atoms with Crippen LogP contribution in [0, 0.1) is 12.8 Å². The Balaban J connectivity index is 1.87. The largest absolute Gasteiger partial charge is 0.330 e. The van der Waals surface area contributed by atoms with E-state index in [1.807, 2.05) is 0 Å². The summed E-state index contributed by atoms with van der Waals surface area (Å²) in [5.41, 5.74) is 9.79. The van der Waals surface area contributed by atoms with E-state index in [0.717, 1.165) is 6.54 Å². The molecule has 4 rings (SSSR count). The molecule has 106 valence electrons. The van der Waals surface area contributed by atoms with Gasteiger partial charge in [0.05, 0.1) is 11.0 Å². The normalized spacial score (nSPS) is 26.5. The van der Waals surface area contributed by atoms with Crippen LogP contribution in [0.4, 0.5) is 0 Å². The summed E-state index contributed by atoms with van der Waals surface area (Å²) in [5, 5.41) is 0. The van der Waals surface area contributed by atoms with Gasteiger partial charge in [-0.2, -0.15) is 0 Å². The first kappa shape index (κ1) is 12.4. The van der Waals surface area contributed by atoms with Crippen LogP contribution in [0.25, 0.3) is 11.0 Å². The second kappa shape index (κ2) is 4.59. The standard InChI is InChI=1S/C17H23N3/c1-11-5-8-16-15(9-11)19-17(20(16)13-6-7-13)14-4-2-3-12(14)10-18/h5,8-9,12-14H,2-4,6-7,10,18H2,1H3. The molecule has 0 saturated heterocycles. The third-order valence-corrected chi connectivity index (χ3v) is 5.08. The molecular weight excluding hydrogens is 246 g/mol. The molecule has 2 aromatic rings. The summed E-state index contributed by atoms with van der Waals surface area (Å²) in [6, 6.07) is 7.38. The van der Waals surface area contributed by atoms with E-state index >= 15 is 0 Å². The number of imidazole rings is 1. The maximum absolute atomic E-state index is 5.98. The number of hydrogen-bond acceptors (Lipinski definition) is 2. The lowest BCUT2D eigenvalue weighted by Gasteiger charge is -2.19. The summed E-state index contributed by atoms with van der Waals surface area (Å²) in [6.45, 7) is 2.95. The van der Waals surface area contributed by atoms with Gasteiger partial charge in [-0.1, -0.05) is 12.5 Å². The summed E-state index contributed by atoms with van der Waals surface area (Å²) in [4.78, 5) is 5.02. The molecule has 2 aliphatic rings. The molecule has 2 fully saturated rings. The van der Waals surface area contributed by atoms with Gasteiger partial charge < -0.3 is 10.3 Å². The lowest BCUT2D eigenvalue weighted by molar-refractivity contribution is 0.461. The van der Waals surface area contributed by atoms with E-state index in [9.17, 15) is 0 Å². The van der Waals surface area contributed by atoms with Crippen molar-refractivity contribution >= 4 is 11.0 Å². The van der Waals surface area contributed by atoms with Crippen molar-refractivity contribution in [3.05, 3.63) is 29.6 Å². The Bertz CT molecular complexity index is 639. The third kappa shape index (κ3) is 1.87. The first-order valence-corrected chi connectivity index (χ1v) is 7.96. The molecule has 1 heterocycles. The summed E-state index contributed by atoms with van der Waals surface area (Å²) >= 11 is 0. The average molecular weight is 269 g/mol. The van der Waals surface area contributed by atoms with Crippen molar-refractivity contribution in [1.29, 1.82) is 0 Å². The number of fused-ring (bicyclic) bond motifs is 1. The summed E-state index contributed by atoms with van der Waals surface area (Å²) < 4.78 is 2.54. The Morgan fingerprint density at radius 3 is 2.85 bits per heavy atom. The van der Waals surface area contributed by atoms with Gasteiger partial charge >= 0.3 is 0 Å². The summed E-state index contributed by atoms with van der Waals surface area (Å²) in [7, 11) is 0. The topological polar surface area (TPSA) is 43.8 Å². The molecule has 0 amide bonds. The maximum atomic E-state index is 5.98. The number of aromatic nitrogens is 2. The Morgan fingerprint density at radius 1 is 1.25 bits per heavy atom. The Kier molecular flexibility index (Phi) is 2.84. The van der Waals surface area contributed by atoms with Gasteiger partial charge in [-0.25, -0.2) is 4.98 Å². The third-order valence-electron chi connectivity index (χ3n) is 5.08. The fraction of sp³-hybridized carbons (Fsp3) is 0.588. The molecule has 0 aliphatic heterocycles. The predicted octanol–water partition coefficient (Wildman–Crippen LogP) is 3.52. The van der Waals surface area contributed by atoms with Gasteiger partial charge in [0.2, 0.25) is 0 Å². The molecule has 3 heteroatoms. The average Bonchev–Trinajstić information content (AvgIpc) is 3.05. The van der Waals surface area contributed by atoms with E-state index in [2.05, 4.69) is 29.7 Å². The lowest BCUT2D eigenvalue weighted by Crippen LogP contribution is -2.20. The number of nitrogens with zero attached hydrogens (tertiary/aromatic N) is 2. The van der Waals surface area contributed by atoms with Crippen LogP contribution in [-0.4, -0.2) is 16.1 Å². The van der Waals surface area contributed by atoms with Gasteiger partial charge in [-0.15, -0.1) is 0 Å². The number of nitrogens with two attached hydrogens (primary N) is 1. The minimum absolute atomic E-state index is 0.577. The van der Waals surface area contributed by atoms with Crippen LogP contribution in [-0.2, 0) is 0 Å². The highest BCUT2D eigenvalue weighted by Crippen LogP contribution is 2.45. The zero-order valence-corrected chi connectivity index (χ0v) is 12.2. The first-order valence-electron chi connectivity index (χ1n) is 7.96. The highest BCUT2D eigenvalue weighted by molar-refractivity contribution is 5.77. The quantitative estimate of drug-likeness (QED) is 0.926. The van der Waals surface area contributed by atoms with Gasteiger partial charge in [0.1, 0.15) is 5.82 Å². The fourth-order valence-electron chi connectivity index (χ4n) is 3.86. The number of aryl methyl sites for hydroxylation is 1. The molecule has 2 saturated carbocycles. The van der Waals surface area contributed by atoms with Crippen LogP contribution >= 0.6 is 0 Å². The van der Waals surface area contributed by atoms with Crippen molar-refractivity contribution in [2.24, 2.45) is 11.7 Å². The van der Waals surface area contributed by atoms with Crippen LogP contribution in [0.3, 0.4) is 0 Å². The van der Waals surface area contributed by atoms with Gasteiger partial charge in [-0.05, 0) is 62.8 Å². The van der Waals surface area contributed by atoms with Crippen molar-refractivity contribution < 1.29 is 0 Å². The van der Waals surface area contributed by atoms with Crippen LogP contribution in [0.1, 0.15) is 55.5 Å². The van der Waals surface area contributed by atoms with Crippen molar-refractivity contribution in [1.82, 2.24) is 9.55 Å². The first-order chi connectivity index (χ1) is 9.78. The molecule has 3 nitrogen and oxygen atoms in total. The number of rotatable bonds is 3. The SMILES string of the molecule is Cc1ccc2c(c1)nc(C1CCCC1CN)n2C1CC1. The fourth-order valence-corrected chi connectivity index (χ4v) is 3.86. The van der Waals surface area contributed by atoms with E-state index in [1.54, 1.807) is 0 Å². The van der Waals surface area contributed by atoms with Crippen LogP contribution in [0.15, 0.2) is 18.2 Å². The molecule has 1 aromatic carbocycles.